The molecule has 2 N–H and O–H groups in total. The zero-order chi connectivity index (χ0) is 16.9. The standard InChI is InChI=1S/C16H15FN4O3/c17-11-3-5-12(6-4-11)21(8-7-14(18)22)10-15-19-20-16(24-15)13-2-1-9-23-13/h1-6,9H,7-8,10H2,(H2,18,22). The van der Waals surface area contributed by atoms with E-state index in [1.165, 1.54) is 18.4 Å². The van der Waals surface area contributed by atoms with E-state index in [-0.39, 0.29) is 24.7 Å². The van der Waals surface area contributed by atoms with Gasteiger partial charge >= 0.3 is 0 Å². The van der Waals surface area contributed by atoms with Crippen LogP contribution in [0.4, 0.5) is 10.1 Å². The summed E-state index contributed by atoms with van der Waals surface area (Å²) >= 11 is 0. The number of aromatic nitrogens is 2. The van der Waals surface area contributed by atoms with Crippen LogP contribution < -0.4 is 10.6 Å². The zero-order valence-electron chi connectivity index (χ0n) is 12.7. The molecule has 0 aliphatic rings. The van der Waals surface area contributed by atoms with Crippen LogP contribution in [0.25, 0.3) is 11.7 Å². The third-order valence-corrected chi connectivity index (χ3v) is 3.34. The van der Waals surface area contributed by atoms with Gasteiger partial charge in [-0.1, -0.05) is 0 Å². The highest BCUT2D eigenvalue weighted by atomic mass is 19.1. The molecule has 0 atom stereocenters. The Labute approximate surface area is 136 Å². The zero-order valence-corrected chi connectivity index (χ0v) is 12.7. The number of benzene rings is 1. The van der Waals surface area contributed by atoms with Crippen molar-refractivity contribution >= 4 is 11.6 Å². The first-order valence-corrected chi connectivity index (χ1v) is 7.27. The first kappa shape index (κ1) is 15.7. The minimum atomic E-state index is -0.427. The van der Waals surface area contributed by atoms with Crippen LogP contribution in [0, 0.1) is 5.82 Å². The van der Waals surface area contributed by atoms with Gasteiger partial charge in [-0.15, -0.1) is 10.2 Å². The number of nitrogens with two attached hydrogens (primary N) is 1. The monoisotopic (exact) mass is 330 g/mol. The smallest absolute Gasteiger partial charge is 0.283 e. The predicted octanol–water partition coefficient (Wildman–Crippen LogP) is 2.35. The van der Waals surface area contributed by atoms with Crippen LogP contribution in [0.15, 0.2) is 51.5 Å². The minimum absolute atomic E-state index is 0.149. The van der Waals surface area contributed by atoms with Crippen LogP contribution in [-0.4, -0.2) is 22.6 Å². The summed E-state index contributed by atoms with van der Waals surface area (Å²) in [5.74, 6) is 0.314. The van der Waals surface area contributed by atoms with Crippen molar-refractivity contribution in [2.24, 2.45) is 5.73 Å². The van der Waals surface area contributed by atoms with Crippen LogP contribution in [0.5, 0.6) is 0 Å². The number of primary amides is 1. The lowest BCUT2D eigenvalue weighted by Gasteiger charge is -2.22. The van der Waals surface area contributed by atoms with Crippen molar-refractivity contribution in [2.75, 3.05) is 11.4 Å². The Morgan fingerprint density at radius 3 is 2.67 bits per heavy atom. The summed E-state index contributed by atoms with van der Waals surface area (Å²) in [6.45, 7) is 0.603. The third-order valence-electron chi connectivity index (χ3n) is 3.34. The molecule has 3 aromatic rings. The molecule has 0 aliphatic heterocycles. The summed E-state index contributed by atoms with van der Waals surface area (Å²) in [4.78, 5) is 12.9. The quantitative estimate of drug-likeness (QED) is 0.714. The summed E-state index contributed by atoms with van der Waals surface area (Å²) in [7, 11) is 0. The Morgan fingerprint density at radius 1 is 1.21 bits per heavy atom. The van der Waals surface area contributed by atoms with Gasteiger partial charge in [0.1, 0.15) is 5.82 Å². The maximum absolute atomic E-state index is 13.1. The maximum Gasteiger partial charge on any atom is 0.283 e. The number of hydrogen-bond acceptors (Lipinski definition) is 6. The van der Waals surface area contributed by atoms with Crippen molar-refractivity contribution in [3.8, 4) is 11.7 Å². The average molecular weight is 330 g/mol. The molecule has 2 aromatic heterocycles. The average Bonchev–Trinajstić information content (AvgIpc) is 3.23. The lowest BCUT2D eigenvalue weighted by Crippen LogP contribution is -2.27. The van der Waals surface area contributed by atoms with E-state index in [9.17, 15) is 9.18 Å². The number of hydrogen-bond donors (Lipinski definition) is 1. The Balaban J connectivity index is 1.78. The van der Waals surface area contributed by atoms with E-state index in [2.05, 4.69) is 10.2 Å². The van der Waals surface area contributed by atoms with E-state index in [0.29, 0.717) is 18.2 Å². The molecule has 0 saturated heterocycles. The van der Waals surface area contributed by atoms with Crippen molar-refractivity contribution in [3.05, 3.63) is 54.4 Å². The number of nitrogens with zero attached hydrogens (tertiary/aromatic N) is 3. The van der Waals surface area contributed by atoms with Gasteiger partial charge in [0.2, 0.25) is 11.8 Å². The topological polar surface area (TPSA) is 98.4 Å². The number of carbonyl (C=O) groups is 1. The van der Waals surface area contributed by atoms with Crippen molar-refractivity contribution in [1.82, 2.24) is 10.2 Å². The highest BCUT2D eigenvalue weighted by molar-refractivity contribution is 5.74. The number of carbonyl (C=O) groups excluding carboxylic acids is 1. The molecule has 1 amide bonds. The van der Waals surface area contributed by atoms with Crippen molar-refractivity contribution < 1.29 is 18.0 Å². The fraction of sp³-hybridized carbons (Fsp3) is 0.188. The van der Waals surface area contributed by atoms with Gasteiger partial charge in [0, 0.05) is 18.7 Å². The number of amides is 1. The molecule has 7 nitrogen and oxygen atoms in total. The molecule has 0 aliphatic carbocycles. The van der Waals surface area contributed by atoms with Crippen LogP contribution in [0.1, 0.15) is 12.3 Å². The SMILES string of the molecule is NC(=O)CCN(Cc1nnc(-c2ccco2)o1)c1ccc(F)cc1. The highest BCUT2D eigenvalue weighted by Crippen LogP contribution is 2.21. The molecule has 124 valence electrons. The third kappa shape index (κ3) is 3.78. The molecule has 0 bridgehead atoms. The second kappa shape index (κ2) is 6.95. The first-order valence-electron chi connectivity index (χ1n) is 7.27. The predicted molar refractivity (Wildman–Crippen MR) is 83.3 cm³/mol. The lowest BCUT2D eigenvalue weighted by molar-refractivity contribution is -0.117. The van der Waals surface area contributed by atoms with Gasteiger partial charge < -0.3 is 19.5 Å². The Kier molecular flexibility index (Phi) is 4.55. The van der Waals surface area contributed by atoms with E-state index in [0.717, 1.165) is 5.69 Å². The normalized spacial score (nSPS) is 10.7. The van der Waals surface area contributed by atoms with Gasteiger partial charge in [-0.25, -0.2) is 4.39 Å². The Bertz CT molecular complexity index is 799. The second-order valence-electron chi connectivity index (χ2n) is 5.09. The summed E-state index contributed by atoms with van der Waals surface area (Å²) in [5.41, 5.74) is 5.93. The molecule has 0 radical (unpaired) electrons. The van der Waals surface area contributed by atoms with Crippen molar-refractivity contribution in [1.29, 1.82) is 0 Å². The number of rotatable bonds is 7. The maximum atomic E-state index is 13.1. The van der Waals surface area contributed by atoms with E-state index < -0.39 is 5.91 Å². The molecule has 24 heavy (non-hydrogen) atoms. The van der Waals surface area contributed by atoms with Crippen molar-refractivity contribution in [2.45, 2.75) is 13.0 Å². The molecule has 2 heterocycles. The highest BCUT2D eigenvalue weighted by Gasteiger charge is 2.15. The van der Waals surface area contributed by atoms with Gasteiger partial charge in [0.05, 0.1) is 12.8 Å². The second-order valence-corrected chi connectivity index (χ2v) is 5.09. The van der Waals surface area contributed by atoms with Crippen LogP contribution in [-0.2, 0) is 11.3 Å². The summed E-state index contributed by atoms with van der Waals surface area (Å²) in [6.07, 6.45) is 1.66. The van der Waals surface area contributed by atoms with Gasteiger partial charge in [-0.05, 0) is 36.4 Å². The van der Waals surface area contributed by atoms with Crippen LogP contribution >= 0.6 is 0 Å². The number of anilines is 1. The summed E-state index contributed by atoms with van der Waals surface area (Å²) in [5, 5.41) is 7.90. The Hall–Kier alpha value is -3.16. The molecule has 1 aromatic carbocycles. The molecule has 8 heteroatoms. The van der Waals surface area contributed by atoms with E-state index >= 15 is 0 Å². The summed E-state index contributed by atoms with van der Waals surface area (Å²) in [6, 6.07) is 9.34. The first-order chi connectivity index (χ1) is 11.6. The molecular weight excluding hydrogens is 315 g/mol. The van der Waals surface area contributed by atoms with Crippen molar-refractivity contribution in [3.63, 3.8) is 0 Å². The van der Waals surface area contributed by atoms with Gasteiger partial charge in [0.15, 0.2) is 5.76 Å². The largest absolute Gasteiger partial charge is 0.459 e. The Morgan fingerprint density at radius 2 is 2.00 bits per heavy atom. The minimum Gasteiger partial charge on any atom is -0.459 e. The van der Waals surface area contributed by atoms with Gasteiger partial charge in [-0.3, -0.25) is 4.79 Å². The molecule has 3 rings (SSSR count). The number of furan rings is 1. The van der Waals surface area contributed by atoms with E-state index in [1.54, 1.807) is 24.3 Å². The molecule has 0 unspecified atom stereocenters. The summed E-state index contributed by atoms with van der Waals surface area (Å²) < 4.78 is 23.9. The van der Waals surface area contributed by atoms with Crippen LogP contribution in [0.2, 0.25) is 0 Å². The van der Waals surface area contributed by atoms with E-state index in [1.807, 2.05) is 4.90 Å². The lowest BCUT2D eigenvalue weighted by atomic mass is 10.2. The molecule has 0 spiro atoms. The van der Waals surface area contributed by atoms with Gasteiger partial charge in [-0.2, -0.15) is 0 Å². The van der Waals surface area contributed by atoms with Gasteiger partial charge in [0.25, 0.3) is 5.89 Å². The number of halogens is 1. The molecule has 0 saturated carbocycles. The molecular formula is C16H15FN4O3. The fourth-order valence-corrected chi connectivity index (χ4v) is 2.18. The molecule has 0 fully saturated rings. The van der Waals surface area contributed by atoms with Crippen LogP contribution in [0.3, 0.4) is 0 Å². The fourth-order valence-electron chi connectivity index (χ4n) is 2.18. The van der Waals surface area contributed by atoms with E-state index in [4.69, 9.17) is 14.6 Å².